The molecular weight excluding hydrogens is 437 g/mol. The average Bonchev–Trinajstić information content (AvgIpc) is 2.59. The summed E-state index contributed by atoms with van der Waals surface area (Å²) >= 11 is 1.93. The van der Waals surface area contributed by atoms with E-state index in [-0.39, 0.29) is 23.6 Å². The molecule has 0 saturated heterocycles. The summed E-state index contributed by atoms with van der Waals surface area (Å²) in [5.74, 6) is -0.0113. The van der Waals surface area contributed by atoms with Crippen molar-refractivity contribution >= 4 is 38.4 Å². The molecule has 4 nitrogen and oxygen atoms in total. The highest BCUT2D eigenvalue weighted by atomic mass is 127. The largest absolute Gasteiger partial charge is 0.293 e. The zero-order valence-corrected chi connectivity index (χ0v) is 16.0. The van der Waals surface area contributed by atoms with Gasteiger partial charge in [0.25, 0.3) is 10.0 Å². The molecule has 0 bridgehead atoms. The van der Waals surface area contributed by atoms with Crippen molar-refractivity contribution < 1.29 is 13.2 Å². The molecule has 24 heavy (non-hydrogen) atoms. The molecule has 0 heterocycles. The molecule has 0 fully saturated rings. The Labute approximate surface area is 155 Å². The first-order valence-corrected chi connectivity index (χ1v) is 9.96. The lowest BCUT2D eigenvalue weighted by molar-refractivity contribution is -0.116. The smallest absolute Gasteiger partial charge is 0.264 e. The summed E-state index contributed by atoms with van der Waals surface area (Å²) in [6.07, 6.45) is 0.163. The lowest BCUT2D eigenvalue weighted by atomic mass is 10.0. The minimum atomic E-state index is -3.71. The molecule has 1 aliphatic carbocycles. The summed E-state index contributed by atoms with van der Waals surface area (Å²) in [6.45, 7) is 2.13. The van der Waals surface area contributed by atoms with E-state index in [2.05, 4.69) is 0 Å². The van der Waals surface area contributed by atoms with Crippen molar-refractivity contribution in [1.82, 2.24) is 4.31 Å². The van der Waals surface area contributed by atoms with Crippen molar-refractivity contribution in [2.24, 2.45) is 0 Å². The third-order valence-corrected chi connectivity index (χ3v) is 6.93. The van der Waals surface area contributed by atoms with Crippen LogP contribution in [0.4, 0.5) is 0 Å². The molecule has 0 amide bonds. The Kier molecular flexibility index (Phi) is 4.78. The molecular formula is C18H16INO3S. The monoisotopic (exact) mass is 453 g/mol. The number of hydrogen-bond donors (Lipinski definition) is 0. The van der Waals surface area contributed by atoms with Crippen LogP contribution in [0.15, 0.2) is 68.8 Å². The van der Waals surface area contributed by atoms with E-state index in [0.29, 0.717) is 9.28 Å². The molecule has 0 N–H and O–H groups in total. The number of halogens is 1. The second kappa shape index (κ2) is 6.68. The molecule has 0 spiro atoms. The van der Waals surface area contributed by atoms with Gasteiger partial charge in [-0.05, 0) is 47.2 Å². The molecule has 2 aromatic carbocycles. The number of rotatable bonds is 5. The van der Waals surface area contributed by atoms with Gasteiger partial charge < -0.3 is 0 Å². The number of Topliss-reactive ketones (excluding diaryl/α,β-unsaturated/α-hetero) is 1. The fraction of sp³-hybridized carbons (Fsp3) is 0.167. The number of benzene rings is 2. The first-order chi connectivity index (χ1) is 11.4. The Hall–Kier alpha value is -1.67. The average molecular weight is 453 g/mol. The molecule has 0 atom stereocenters. The van der Waals surface area contributed by atoms with Crippen LogP contribution in [0.2, 0.25) is 0 Å². The maximum absolute atomic E-state index is 13.1. The molecule has 3 rings (SSSR count). The first-order valence-electron chi connectivity index (χ1n) is 7.45. The summed E-state index contributed by atoms with van der Waals surface area (Å²) in [4.78, 5) is 11.9. The number of carbonyl (C=O) groups is 1. The van der Waals surface area contributed by atoms with Gasteiger partial charge in [-0.25, -0.2) is 8.42 Å². The van der Waals surface area contributed by atoms with Gasteiger partial charge in [0.1, 0.15) is 0 Å². The van der Waals surface area contributed by atoms with Crippen molar-refractivity contribution in [1.29, 1.82) is 0 Å². The van der Waals surface area contributed by atoms with Crippen molar-refractivity contribution in [2.75, 3.05) is 0 Å². The lowest BCUT2D eigenvalue weighted by Crippen LogP contribution is -2.36. The van der Waals surface area contributed by atoms with E-state index in [1.807, 2.05) is 59.8 Å². The van der Waals surface area contributed by atoms with E-state index < -0.39 is 10.0 Å². The van der Waals surface area contributed by atoms with Crippen molar-refractivity contribution in [3.63, 3.8) is 0 Å². The highest BCUT2D eigenvalue weighted by Gasteiger charge is 2.36. The fourth-order valence-corrected chi connectivity index (χ4v) is 4.81. The van der Waals surface area contributed by atoms with Crippen LogP contribution in [0.5, 0.6) is 0 Å². The molecule has 0 radical (unpaired) electrons. The quantitative estimate of drug-likeness (QED) is 0.648. The molecule has 0 aromatic heterocycles. The van der Waals surface area contributed by atoms with E-state index in [0.717, 1.165) is 11.1 Å². The Morgan fingerprint density at radius 3 is 2.21 bits per heavy atom. The summed E-state index contributed by atoms with van der Waals surface area (Å²) < 4.78 is 28.1. The van der Waals surface area contributed by atoms with E-state index in [9.17, 15) is 13.2 Å². The predicted molar refractivity (Wildman–Crippen MR) is 101 cm³/mol. The lowest BCUT2D eigenvalue weighted by Gasteiger charge is -2.32. The number of carbonyl (C=O) groups excluding carboxylic acids is 1. The van der Waals surface area contributed by atoms with E-state index >= 15 is 0 Å². The van der Waals surface area contributed by atoms with Gasteiger partial charge in [0.05, 0.1) is 27.1 Å². The summed E-state index contributed by atoms with van der Waals surface area (Å²) in [7, 11) is -3.71. The van der Waals surface area contributed by atoms with Gasteiger partial charge in [0.2, 0.25) is 0 Å². The van der Waals surface area contributed by atoms with Gasteiger partial charge in [0.15, 0.2) is 5.78 Å². The fourth-order valence-electron chi connectivity index (χ4n) is 2.47. The number of hydrogen-bond acceptors (Lipinski definition) is 3. The predicted octanol–water partition coefficient (Wildman–Crippen LogP) is 3.81. The Morgan fingerprint density at radius 1 is 1.04 bits per heavy atom. The Morgan fingerprint density at radius 2 is 1.67 bits per heavy atom. The number of allylic oxidation sites excluding steroid dienone is 2. The highest BCUT2D eigenvalue weighted by Crippen LogP contribution is 2.36. The van der Waals surface area contributed by atoms with Crippen molar-refractivity contribution in [2.45, 2.75) is 24.8 Å². The SMILES string of the molecule is Cc1ccc(S(=O)(=O)N(Cc2ccccc2)C2=C(I)C(=O)C2)cc1. The molecule has 0 unspecified atom stereocenters. The molecule has 1 aliphatic rings. The zero-order valence-electron chi connectivity index (χ0n) is 13.1. The van der Waals surface area contributed by atoms with E-state index in [1.54, 1.807) is 24.3 Å². The van der Waals surface area contributed by atoms with Gasteiger partial charge in [-0.1, -0.05) is 48.0 Å². The van der Waals surface area contributed by atoms with Crippen LogP contribution >= 0.6 is 22.6 Å². The topological polar surface area (TPSA) is 54.5 Å². The molecule has 0 saturated carbocycles. The summed E-state index contributed by atoms with van der Waals surface area (Å²) in [5.41, 5.74) is 2.45. The normalized spacial score (nSPS) is 14.5. The van der Waals surface area contributed by atoms with Gasteiger partial charge in [-0.2, -0.15) is 0 Å². The van der Waals surface area contributed by atoms with Crippen LogP contribution in [0, 0.1) is 6.92 Å². The van der Waals surface area contributed by atoms with E-state index in [4.69, 9.17) is 0 Å². The molecule has 2 aromatic rings. The van der Waals surface area contributed by atoms with Crippen LogP contribution in [0.25, 0.3) is 0 Å². The second-order valence-electron chi connectivity index (χ2n) is 5.67. The minimum Gasteiger partial charge on any atom is -0.293 e. The van der Waals surface area contributed by atoms with Gasteiger partial charge >= 0.3 is 0 Å². The summed E-state index contributed by atoms with van der Waals surface area (Å²) in [5, 5.41) is 0. The second-order valence-corrected chi connectivity index (χ2v) is 8.61. The van der Waals surface area contributed by atoms with Crippen LogP contribution < -0.4 is 0 Å². The number of sulfonamides is 1. The van der Waals surface area contributed by atoms with E-state index in [1.165, 1.54) is 4.31 Å². The molecule has 0 aliphatic heterocycles. The van der Waals surface area contributed by atoms with Crippen LogP contribution in [0.1, 0.15) is 17.5 Å². The Balaban J connectivity index is 2.04. The van der Waals surface area contributed by atoms with Gasteiger partial charge in [-0.15, -0.1) is 0 Å². The highest BCUT2D eigenvalue weighted by molar-refractivity contribution is 14.1. The third-order valence-electron chi connectivity index (χ3n) is 3.91. The van der Waals surface area contributed by atoms with Crippen LogP contribution in [-0.2, 0) is 21.4 Å². The van der Waals surface area contributed by atoms with Crippen molar-refractivity contribution in [3.8, 4) is 0 Å². The number of nitrogens with zero attached hydrogens (tertiary/aromatic N) is 1. The molecule has 124 valence electrons. The standard InChI is InChI=1S/C18H16INO3S/c1-13-7-9-15(10-8-13)24(22,23)20(16-11-17(21)18(16)19)12-14-5-3-2-4-6-14/h2-10H,11-12H2,1H3. The third kappa shape index (κ3) is 3.25. The van der Waals surface area contributed by atoms with Crippen molar-refractivity contribution in [3.05, 3.63) is 75.0 Å². The minimum absolute atomic E-state index is 0.0113. The van der Waals surface area contributed by atoms with Gasteiger partial charge in [0, 0.05) is 0 Å². The van der Waals surface area contributed by atoms with Gasteiger partial charge in [-0.3, -0.25) is 9.10 Å². The Bertz CT molecular complexity index is 903. The van der Waals surface area contributed by atoms with Crippen LogP contribution in [0.3, 0.4) is 0 Å². The van der Waals surface area contributed by atoms with Crippen LogP contribution in [-0.4, -0.2) is 18.5 Å². The first kappa shape index (κ1) is 17.2. The molecule has 6 heteroatoms. The summed E-state index contributed by atoms with van der Waals surface area (Å²) in [6, 6.07) is 16.2. The number of ketones is 1. The maximum Gasteiger partial charge on any atom is 0.264 e. The number of aryl methyl sites for hydroxylation is 1. The maximum atomic E-state index is 13.1. The zero-order chi connectivity index (χ0) is 17.3.